The van der Waals surface area contributed by atoms with Crippen LogP contribution < -0.4 is 10.1 Å². The van der Waals surface area contributed by atoms with Crippen LogP contribution in [0.25, 0.3) is 0 Å². The van der Waals surface area contributed by atoms with Gasteiger partial charge in [0.15, 0.2) is 9.84 Å². The topological polar surface area (TPSA) is 55.4 Å². The van der Waals surface area contributed by atoms with Crippen molar-refractivity contribution in [1.82, 2.24) is 5.32 Å². The first-order chi connectivity index (χ1) is 7.41. The van der Waals surface area contributed by atoms with E-state index in [1.165, 1.54) is 6.26 Å². The van der Waals surface area contributed by atoms with E-state index in [1.807, 2.05) is 6.92 Å². The number of para-hydroxylation sites is 1. The van der Waals surface area contributed by atoms with E-state index in [0.717, 1.165) is 13.1 Å². The summed E-state index contributed by atoms with van der Waals surface area (Å²) in [5.74, 6) is 0.439. The normalized spacial score (nSPS) is 18.9. The van der Waals surface area contributed by atoms with Crippen LogP contribution in [0.15, 0.2) is 29.2 Å². The van der Waals surface area contributed by atoms with Crippen LogP contribution in [0.1, 0.15) is 6.92 Å². The van der Waals surface area contributed by atoms with Crippen LogP contribution in [0.5, 0.6) is 5.75 Å². The van der Waals surface area contributed by atoms with Gasteiger partial charge in [-0.15, -0.1) is 0 Å². The van der Waals surface area contributed by atoms with Crippen LogP contribution >= 0.6 is 0 Å². The number of ether oxygens (including phenoxy) is 1. The van der Waals surface area contributed by atoms with Crippen molar-refractivity contribution >= 4 is 9.84 Å². The second kappa shape index (κ2) is 3.75. The Labute approximate surface area is 95.5 Å². The summed E-state index contributed by atoms with van der Waals surface area (Å²) < 4.78 is 28.9. The van der Waals surface area contributed by atoms with Crippen molar-refractivity contribution in [2.45, 2.75) is 17.4 Å². The molecule has 1 saturated heterocycles. The monoisotopic (exact) mass is 241 g/mol. The lowest BCUT2D eigenvalue weighted by atomic mass is 10.00. The quantitative estimate of drug-likeness (QED) is 0.851. The number of benzene rings is 1. The predicted octanol–water partition coefficient (Wildman–Crippen LogP) is 0.831. The third-order valence-corrected chi connectivity index (χ3v) is 3.74. The number of rotatable bonds is 3. The summed E-state index contributed by atoms with van der Waals surface area (Å²) in [6.45, 7) is 3.44. The summed E-state index contributed by atoms with van der Waals surface area (Å²) in [5.41, 5.74) is -0.291. The van der Waals surface area contributed by atoms with Gasteiger partial charge in [-0.25, -0.2) is 8.42 Å². The Morgan fingerprint density at radius 3 is 2.44 bits per heavy atom. The minimum atomic E-state index is -3.24. The van der Waals surface area contributed by atoms with Crippen LogP contribution in [0.3, 0.4) is 0 Å². The molecule has 1 heterocycles. The van der Waals surface area contributed by atoms with Gasteiger partial charge in [0.25, 0.3) is 0 Å². The van der Waals surface area contributed by atoms with E-state index in [-0.39, 0.29) is 10.5 Å². The number of hydrogen-bond donors (Lipinski definition) is 1. The summed E-state index contributed by atoms with van der Waals surface area (Å²) in [7, 11) is -3.24. The molecule has 4 nitrogen and oxygen atoms in total. The fraction of sp³-hybridized carbons (Fsp3) is 0.455. The molecule has 1 aromatic carbocycles. The molecular weight excluding hydrogens is 226 g/mol. The van der Waals surface area contributed by atoms with Gasteiger partial charge in [-0.2, -0.15) is 0 Å². The van der Waals surface area contributed by atoms with Crippen molar-refractivity contribution in [3.63, 3.8) is 0 Å². The molecule has 0 amide bonds. The van der Waals surface area contributed by atoms with E-state index in [4.69, 9.17) is 4.74 Å². The molecule has 0 atom stereocenters. The lowest BCUT2D eigenvalue weighted by Crippen LogP contribution is -2.61. The Morgan fingerprint density at radius 2 is 1.94 bits per heavy atom. The fourth-order valence-corrected chi connectivity index (χ4v) is 2.46. The minimum absolute atomic E-state index is 0.253. The molecule has 1 aliphatic heterocycles. The maximum atomic E-state index is 11.6. The number of sulfone groups is 1. The lowest BCUT2D eigenvalue weighted by Gasteiger charge is -2.39. The minimum Gasteiger partial charge on any atom is -0.484 e. The standard InChI is InChI=1S/C11H15NO3S/c1-11(7-12-8-11)15-9-5-3-4-6-10(9)16(2,13)14/h3-6,12H,7-8H2,1-2H3. The third-order valence-electron chi connectivity index (χ3n) is 2.60. The lowest BCUT2D eigenvalue weighted by molar-refractivity contribution is 0.0321. The van der Waals surface area contributed by atoms with E-state index in [9.17, 15) is 8.42 Å². The van der Waals surface area contributed by atoms with Crippen molar-refractivity contribution in [3.05, 3.63) is 24.3 Å². The van der Waals surface area contributed by atoms with Crippen molar-refractivity contribution in [2.75, 3.05) is 19.3 Å². The molecule has 0 radical (unpaired) electrons. The molecule has 5 heteroatoms. The maximum absolute atomic E-state index is 11.6. The second-order valence-electron chi connectivity index (χ2n) is 4.37. The molecule has 0 unspecified atom stereocenters. The Balaban J connectivity index is 2.34. The first-order valence-corrected chi connectivity index (χ1v) is 6.99. The van der Waals surface area contributed by atoms with E-state index in [2.05, 4.69) is 5.32 Å². The molecule has 16 heavy (non-hydrogen) atoms. The van der Waals surface area contributed by atoms with Crippen molar-refractivity contribution in [2.24, 2.45) is 0 Å². The highest BCUT2D eigenvalue weighted by molar-refractivity contribution is 7.90. The smallest absolute Gasteiger partial charge is 0.179 e. The summed E-state index contributed by atoms with van der Waals surface area (Å²) in [6.07, 6.45) is 1.19. The summed E-state index contributed by atoms with van der Waals surface area (Å²) >= 11 is 0. The molecule has 2 rings (SSSR count). The Morgan fingerprint density at radius 1 is 1.31 bits per heavy atom. The van der Waals surface area contributed by atoms with E-state index >= 15 is 0 Å². The first-order valence-electron chi connectivity index (χ1n) is 5.10. The maximum Gasteiger partial charge on any atom is 0.179 e. The number of nitrogens with one attached hydrogen (secondary N) is 1. The average Bonchev–Trinajstić information content (AvgIpc) is 2.14. The third kappa shape index (κ3) is 2.20. The molecule has 0 bridgehead atoms. The number of hydrogen-bond acceptors (Lipinski definition) is 4. The van der Waals surface area contributed by atoms with Gasteiger partial charge in [-0.05, 0) is 19.1 Å². The van der Waals surface area contributed by atoms with Gasteiger partial charge in [0.2, 0.25) is 0 Å². The van der Waals surface area contributed by atoms with E-state index in [1.54, 1.807) is 24.3 Å². The molecule has 88 valence electrons. The van der Waals surface area contributed by atoms with E-state index in [0.29, 0.717) is 5.75 Å². The molecule has 1 aliphatic rings. The SMILES string of the molecule is CC1(Oc2ccccc2S(C)(=O)=O)CNC1. The zero-order valence-corrected chi connectivity index (χ0v) is 10.2. The van der Waals surface area contributed by atoms with Crippen LogP contribution in [0.4, 0.5) is 0 Å². The molecule has 0 saturated carbocycles. The van der Waals surface area contributed by atoms with Crippen molar-refractivity contribution in [1.29, 1.82) is 0 Å². The van der Waals surface area contributed by atoms with Gasteiger partial charge in [0.05, 0.1) is 0 Å². The Kier molecular flexibility index (Phi) is 2.67. The van der Waals surface area contributed by atoms with Crippen LogP contribution in [0, 0.1) is 0 Å². The highest BCUT2D eigenvalue weighted by Crippen LogP contribution is 2.28. The van der Waals surface area contributed by atoms with Crippen molar-refractivity contribution in [3.8, 4) is 5.75 Å². The molecule has 0 aliphatic carbocycles. The zero-order chi connectivity index (χ0) is 11.8. The molecule has 1 N–H and O–H groups in total. The van der Waals surface area contributed by atoms with Gasteiger partial charge in [-0.3, -0.25) is 0 Å². The second-order valence-corrected chi connectivity index (χ2v) is 6.36. The van der Waals surface area contributed by atoms with Crippen LogP contribution in [-0.4, -0.2) is 33.4 Å². The van der Waals surface area contributed by atoms with Gasteiger partial charge >= 0.3 is 0 Å². The molecule has 0 spiro atoms. The Bertz CT molecular complexity index is 492. The molecular formula is C11H15NO3S. The Hall–Kier alpha value is -1.07. The van der Waals surface area contributed by atoms with Crippen LogP contribution in [0.2, 0.25) is 0 Å². The summed E-state index contributed by atoms with van der Waals surface area (Å²) in [6, 6.07) is 6.74. The summed E-state index contributed by atoms with van der Waals surface area (Å²) in [5, 5.41) is 3.11. The first kappa shape index (κ1) is 11.4. The average molecular weight is 241 g/mol. The fourth-order valence-electron chi connectivity index (χ4n) is 1.66. The van der Waals surface area contributed by atoms with Gasteiger partial charge in [0, 0.05) is 19.3 Å². The van der Waals surface area contributed by atoms with E-state index < -0.39 is 9.84 Å². The molecule has 1 fully saturated rings. The molecule has 1 aromatic rings. The van der Waals surface area contributed by atoms with Gasteiger partial charge in [0.1, 0.15) is 16.2 Å². The van der Waals surface area contributed by atoms with Gasteiger partial charge in [-0.1, -0.05) is 12.1 Å². The zero-order valence-electron chi connectivity index (χ0n) is 9.36. The highest BCUT2D eigenvalue weighted by atomic mass is 32.2. The van der Waals surface area contributed by atoms with Crippen LogP contribution in [-0.2, 0) is 9.84 Å². The largest absolute Gasteiger partial charge is 0.484 e. The highest BCUT2D eigenvalue weighted by Gasteiger charge is 2.34. The molecule has 0 aromatic heterocycles. The summed E-state index contributed by atoms with van der Waals surface area (Å²) in [4.78, 5) is 0.253. The predicted molar refractivity (Wildman–Crippen MR) is 61.5 cm³/mol. The van der Waals surface area contributed by atoms with Gasteiger partial charge < -0.3 is 10.1 Å². The van der Waals surface area contributed by atoms with Crippen molar-refractivity contribution < 1.29 is 13.2 Å².